The number of benzene rings is 2. The van der Waals surface area contributed by atoms with Gasteiger partial charge >= 0.3 is 5.69 Å². The van der Waals surface area contributed by atoms with E-state index in [0.717, 1.165) is 17.3 Å². The highest BCUT2D eigenvalue weighted by atomic mass is 16.6. The highest BCUT2D eigenvalue weighted by Gasteiger charge is 2.20. The molecule has 0 fully saturated rings. The number of rotatable bonds is 6. The van der Waals surface area contributed by atoms with Gasteiger partial charge in [-0.25, -0.2) is 0 Å². The van der Waals surface area contributed by atoms with E-state index in [9.17, 15) is 20.2 Å². The quantitative estimate of drug-likeness (QED) is 0.456. The SMILES string of the molecule is CC(C)(C)C/C(=N/Nc1ccc([N+](=O)[O-])cc1[N+](=O)[O-])c1ccccc1. The summed E-state index contributed by atoms with van der Waals surface area (Å²) in [6, 6.07) is 12.9. The van der Waals surface area contributed by atoms with Crippen LogP contribution in [0.5, 0.6) is 0 Å². The molecule has 0 unspecified atom stereocenters. The summed E-state index contributed by atoms with van der Waals surface area (Å²) >= 11 is 0. The fourth-order valence-corrected chi connectivity index (χ4v) is 2.35. The van der Waals surface area contributed by atoms with E-state index in [1.54, 1.807) is 0 Å². The standard InChI is InChI=1S/C18H20N4O4/c1-18(2,3)12-16(13-7-5-4-6-8-13)20-19-15-10-9-14(21(23)24)11-17(15)22(25)26/h4-11,19H,12H2,1-3H3/b20-16-. The molecule has 0 amide bonds. The molecule has 0 atom stereocenters. The minimum Gasteiger partial charge on any atom is -0.271 e. The van der Waals surface area contributed by atoms with Crippen LogP contribution < -0.4 is 5.43 Å². The van der Waals surface area contributed by atoms with Crippen molar-refractivity contribution in [2.75, 3.05) is 5.43 Å². The van der Waals surface area contributed by atoms with E-state index in [-0.39, 0.29) is 16.8 Å². The first-order valence-electron chi connectivity index (χ1n) is 7.98. The van der Waals surface area contributed by atoms with Gasteiger partial charge in [-0.15, -0.1) is 0 Å². The second-order valence-corrected chi connectivity index (χ2v) is 6.99. The van der Waals surface area contributed by atoms with E-state index >= 15 is 0 Å². The molecular weight excluding hydrogens is 336 g/mol. The number of hydrogen-bond acceptors (Lipinski definition) is 6. The molecule has 2 rings (SSSR count). The molecule has 0 bridgehead atoms. The molecular formula is C18H20N4O4. The number of nitro benzene ring substituents is 2. The lowest BCUT2D eigenvalue weighted by Crippen LogP contribution is -2.15. The van der Waals surface area contributed by atoms with Gasteiger partial charge in [-0.3, -0.25) is 25.7 Å². The molecule has 2 aromatic carbocycles. The zero-order chi connectivity index (χ0) is 19.3. The summed E-state index contributed by atoms with van der Waals surface area (Å²) in [6.45, 7) is 6.21. The molecule has 26 heavy (non-hydrogen) atoms. The highest BCUT2D eigenvalue weighted by Crippen LogP contribution is 2.29. The minimum absolute atomic E-state index is 0.0439. The Balaban J connectivity index is 2.40. The normalized spacial score (nSPS) is 11.9. The molecule has 0 aliphatic carbocycles. The predicted molar refractivity (Wildman–Crippen MR) is 100 cm³/mol. The molecule has 0 aliphatic rings. The second-order valence-electron chi connectivity index (χ2n) is 6.99. The third-order valence-electron chi connectivity index (χ3n) is 3.50. The number of nitrogens with one attached hydrogen (secondary N) is 1. The van der Waals surface area contributed by atoms with E-state index in [1.807, 2.05) is 30.3 Å². The van der Waals surface area contributed by atoms with Gasteiger partial charge in [0.05, 0.1) is 21.6 Å². The van der Waals surface area contributed by atoms with Crippen molar-refractivity contribution >= 4 is 22.8 Å². The van der Waals surface area contributed by atoms with E-state index in [4.69, 9.17) is 0 Å². The molecule has 8 heteroatoms. The lowest BCUT2D eigenvalue weighted by molar-refractivity contribution is -0.393. The number of non-ortho nitro benzene ring substituents is 1. The Bertz CT molecular complexity index is 842. The van der Waals surface area contributed by atoms with Gasteiger partial charge in [-0.2, -0.15) is 5.10 Å². The summed E-state index contributed by atoms with van der Waals surface area (Å²) in [5, 5.41) is 26.4. The van der Waals surface area contributed by atoms with Crippen molar-refractivity contribution in [3.8, 4) is 0 Å². The third kappa shape index (κ3) is 5.10. The summed E-state index contributed by atoms with van der Waals surface area (Å²) < 4.78 is 0. The molecule has 0 saturated carbocycles. The van der Waals surface area contributed by atoms with Crippen molar-refractivity contribution < 1.29 is 9.85 Å². The molecule has 0 spiro atoms. The average Bonchev–Trinajstić information content (AvgIpc) is 2.58. The Morgan fingerprint density at radius 2 is 1.69 bits per heavy atom. The van der Waals surface area contributed by atoms with Crippen molar-refractivity contribution in [1.82, 2.24) is 0 Å². The van der Waals surface area contributed by atoms with Gasteiger partial charge in [0.15, 0.2) is 0 Å². The van der Waals surface area contributed by atoms with Gasteiger partial charge < -0.3 is 0 Å². The van der Waals surface area contributed by atoms with Gasteiger partial charge in [0.25, 0.3) is 5.69 Å². The molecule has 0 aromatic heterocycles. The van der Waals surface area contributed by atoms with Crippen LogP contribution >= 0.6 is 0 Å². The Hall–Kier alpha value is -3.29. The van der Waals surface area contributed by atoms with E-state index in [0.29, 0.717) is 6.42 Å². The molecule has 1 N–H and O–H groups in total. The Morgan fingerprint density at radius 1 is 1.04 bits per heavy atom. The summed E-state index contributed by atoms with van der Waals surface area (Å²) in [5.74, 6) is 0. The van der Waals surface area contributed by atoms with Crippen LogP contribution in [0.4, 0.5) is 17.1 Å². The van der Waals surface area contributed by atoms with Gasteiger partial charge in [-0.05, 0) is 23.5 Å². The van der Waals surface area contributed by atoms with Crippen molar-refractivity contribution in [3.63, 3.8) is 0 Å². The number of nitrogens with zero attached hydrogens (tertiary/aromatic N) is 3. The Morgan fingerprint density at radius 3 is 2.23 bits per heavy atom. The molecule has 0 heterocycles. The van der Waals surface area contributed by atoms with Crippen molar-refractivity contribution in [2.24, 2.45) is 10.5 Å². The van der Waals surface area contributed by atoms with Crippen LogP contribution in [0, 0.1) is 25.6 Å². The smallest absolute Gasteiger partial charge is 0.271 e. The maximum absolute atomic E-state index is 11.2. The largest absolute Gasteiger partial charge is 0.301 e. The number of hydrazone groups is 1. The van der Waals surface area contributed by atoms with Crippen LogP contribution in [0.1, 0.15) is 32.8 Å². The fourth-order valence-electron chi connectivity index (χ4n) is 2.35. The topological polar surface area (TPSA) is 111 Å². The average molecular weight is 356 g/mol. The number of hydrogen-bond donors (Lipinski definition) is 1. The summed E-state index contributed by atoms with van der Waals surface area (Å²) in [5.41, 5.74) is 3.66. The second kappa shape index (κ2) is 7.73. The monoisotopic (exact) mass is 356 g/mol. The molecule has 0 aliphatic heterocycles. The van der Waals surface area contributed by atoms with Gasteiger partial charge in [0.2, 0.25) is 0 Å². The van der Waals surface area contributed by atoms with Gasteiger partial charge in [-0.1, -0.05) is 51.1 Å². The van der Waals surface area contributed by atoms with Crippen LogP contribution in [-0.2, 0) is 0 Å². The first-order chi connectivity index (χ1) is 12.2. The summed E-state index contributed by atoms with van der Waals surface area (Å²) in [6.07, 6.45) is 0.644. The zero-order valence-electron chi connectivity index (χ0n) is 14.8. The van der Waals surface area contributed by atoms with Gasteiger partial charge in [0, 0.05) is 6.07 Å². The molecule has 2 aromatic rings. The maximum atomic E-state index is 11.2. The van der Waals surface area contributed by atoms with Crippen molar-refractivity contribution in [1.29, 1.82) is 0 Å². The first-order valence-corrected chi connectivity index (χ1v) is 7.98. The Labute approximate surface area is 150 Å². The maximum Gasteiger partial charge on any atom is 0.301 e. The molecule has 0 radical (unpaired) electrons. The predicted octanol–water partition coefficient (Wildman–Crippen LogP) is 4.76. The van der Waals surface area contributed by atoms with Crippen LogP contribution in [0.3, 0.4) is 0 Å². The van der Waals surface area contributed by atoms with Crippen LogP contribution in [0.15, 0.2) is 53.6 Å². The highest BCUT2D eigenvalue weighted by molar-refractivity contribution is 6.01. The number of anilines is 1. The van der Waals surface area contributed by atoms with E-state index < -0.39 is 15.5 Å². The Kier molecular flexibility index (Phi) is 5.66. The third-order valence-corrected chi connectivity index (χ3v) is 3.50. The summed E-state index contributed by atoms with van der Waals surface area (Å²) in [7, 11) is 0. The van der Waals surface area contributed by atoms with Crippen LogP contribution in [0.25, 0.3) is 0 Å². The lowest BCUT2D eigenvalue weighted by atomic mass is 9.87. The molecule has 8 nitrogen and oxygen atoms in total. The van der Waals surface area contributed by atoms with Gasteiger partial charge in [0.1, 0.15) is 5.69 Å². The van der Waals surface area contributed by atoms with Crippen molar-refractivity contribution in [3.05, 3.63) is 74.3 Å². The van der Waals surface area contributed by atoms with E-state index in [2.05, 4.69) is 31.3 Å². The van der Waals surface area contributed by atoms with Crippen molar-refractivity contribution in [2.45, 2.75) is 27.2 Å². The lowest BCUT2D eigenvalue weighted by Gasteiger charge is -2.19. The van der Waals surface area contributed by atoms with Crippen LogP contribution in [0.2, 0.25) is 0 Å². The zero-order valence-corrected chi connectivity index (χ0v) is 14.8. The summed E-state index contributed by atoms with van der Waals surface area (Å²) in [4.78, 5) is 20.7. The molecule has 0 saturated heterocycles. The van der Waals surface area contributed by atoms with E-state index in [1.165, 1.54) is 12.1 Å². The minimum atomic E-state index is -0.672. The fraction of sp³-hybridized carbons (Fsp3) is 0.278. The van der Waals surface area contributed by atoms with Crippen LogP contribution in [-0.4, -0.2) is 15.6 Å². The first kappa shape index (κ1) is 19.0. The molecule has 136 valence electrons. The number of nitro groups is 2.